The smallest absolute Gasteiger partial charge is 0.255 e. The Morgan fingerprint density at radius 1 is 1.04 bits per heavy atom. The number of fused-ring (bicyclic) bond motifs is 1. The summed E-state index contributed by atoms with van der Waals surface area (Å²) in [4.78, 5) is 14.9. The Hall–Kier alpha value is -2.47. The number of nitrogens with zero attached hydrogens (tertiary/aromatic N) is 3. The predicted octanol–water partition coefficient (Wildman–Crippen LogP) is 3.54. The molecule has 1 aliphatic rings. The molecule has 116 valence electrons. The minimum atomic E-state index is -0.119. The number of nitrogens with one attached hydrogen (secondary N) is 1. The second-order valence-electron chi connectivity index (χ2n) is 5.63. The largest absolute Gasteiger partial charge is 0.370 e. The number of rotatable bonds is 3. The van der Waals surface area contributed by atoms with Crippen LogP contribution in [0.2, 0.25) is 0 Å². The molecule has 0 saturated carbocycles. The van der Waals surface area contributed by atoms with Gasteiger partial charge in [0, 0.05) is 18.7 Å². The lowest BCUT2D eigenvalue weighted by molar-refractivity contribution is 0.102. The average molecular weight is 324 g/mol. The molecule has 5 nitrogen and oxygen atoms in total. The van der Waals surface area contributed by atoms with E-state index in [1.165, 1.54) is 12.8 Å². The Kier molecular flexibility index (Phi) is 3.67. The van der Waals surface area contributed by atoms with Crippen molar-refractivity contribution < 1.29 is 4.79 Å². The van der Waals surface area contributed by atoms with E-state index in [-0.39, 0.29) is 5.91 Å². The Morgan fingerprint density at radius 3 is 2.70 bits per heavy atom. The average Bonchev–Trinajstić information content (AvgIpc) is 3.26. The van der Waals surface area contributed by atoms with Crippen LogP contribution in [0.5, 0.6) is 0 Å². The van der Waals surface area contributed by atoms with E-state index in [4.69, 9.17) is 0 Å². The van der Waals surface area contributed by atoms with Gasteiger partial charge in [0.25, 0.3) is 5.91 Å². The van der Waals surface area contributed by atoms with Gasteiger partial charge in [-0.3, -0.25) is 4.79 Å². The van der Waals surface area contributed by atoms with Gasteiger partial charge in [0.05, 0.1) is 23.1 Å². The molecule has 1 aromatic heterocycles. The lowest BCUT2D eigenvalue weighted by atomic mass is 10.1. The van der Waals surface area contributed by atoms with Gasteiger partial charge < -0.3 is 10.2 Å². The highest BCUT2D eigenvalue weighted by atomic mass is 32.1. The van der Waals surface area contributed by atoms with Gasteiger partial charge in [-0.1, -0.05) is 12.1 Å². The number of hydrogen-bond donors (Lipinski definition) is 1. The zero-order valence-corrected chi connectivity index (χ0v) is 13.3. The summed E-state index contributed by atoms with van der Waals surface area (Å²) in [5, 5.41) is 3.04. The maximum atomic E-state index is 12.6. The van der Waals surface area contributed by atoms with Crippen LogP contribution in [0.1, 0.15) is 23.2 Å². The van der Waals surface area contributed by atoms with Crippen molar-refractivity contribution in [1.29, 1.82) is 0 Å². The topological polar surface area (TPSA) is 58.1 Å². The van der Waals surface area contributed by atoms with Crippen LogP contribution in [-0.2, 0) is 0 Å². The van der Waals surface area contributed by atoms with Gasteiger partial charge in [0.1, 0.15) is 11.0 Å². The summed E-state index contributed by atoms with van der Waals surface area (Å²) >= 11 is 1.16. The van der Waals surface area contributed by atoms with Crippen LogP contribution >= 0.6 is 11.7 Å². The molecule has 1 N–H and O–H groups in total. The molecule has 1 amide bonds. The van der Waals surface area contributed by atoms with E-state index in [1.54, 1.807) is 12.1 Å². The van der Waals surface area contributed by atoms with Crippen molar-refractivity contribution in [2.45, 2.75) is 12.8 Å². The van der Waals surface area contributed by atoms with Crippen LogP contribution in [0.15, 0.2) is 42.5 Å². The molecule has 1 aliphatic heterocycles. The van der Waals surface area contributed by atoms with Crippen molar-refractivity contribution in [3.05, 3.63) is 48.0 Å². The quantitative estimate of drug-likeness (QED) is 0.800. The molecule has 1 fully saturated rings. The molecule has 4 rings (SSSR count). The van der Waals surface area contributed by atoms with Gasteiger partial charge in [-0.05, 0) is 43.2 Å². The van der Waals surface area contributed by atoms with Crippen molar-refractivity contribution >= 4 is 40.0 Å². The second-order valence-corrected chi connectivity index (χ2v) is 6.16. The molecule has 1 saturated heterocycles. The zero-order chi connectivity index (χ0) is 15.6. The normalized spacial score (nSPS) is 14.3. The Labute approximate surface area is 138 Å². The molecule has 6 heteroatoms. The summed E-state index contributed by atoms with van der Waals surface area (Å²) in [6.07, 6.45) is 2.41. The SMILES string of the molecule is O=C(Nc1ccccc1N1CCCC1)c1ccc2nsnc2c1. The van der Waals surface area contributed by atoms with Crippen LogP contribution in [-0.4, -0.2) is 27.7 Å². The number of hydrogen-bond acceptors (Lipinski definition) is 5. The van der Waals surface area contributed by atoms with E-state index in [1.807, 2.05) is 24.3 Å². The minimum Gasteiger partial charge on any atom is -0.370 e. The van der Waals surface area contributed by atoms with Crippen molar-refractivity contribution in [1.82, 2.24) is 8.75 Å². The maximum Gasteiger partial charge on any atom is 0.255 e. The van der Waals surface area contributed by atoms with Crippen LogP contribution in [0, 0.1) is 0 Å². The Bertz CT molecular complexity index is 854. The standard InChI is InChI=1S/C17H16N4OS/c22-17(12-7-8-13-15(11-12)20-23-19-13)18-14-5-1-2-6-16(14)21-9-3-4-10-21/h1-2,5-8,11H,3-4,9-10H2,(H,18,22). The summed E-state index contributed by atoms with van der Waals surface area (Å²) in [7, 11) is 0. The Balaban J connectivity index is 1.61. The fraction of sp³-hybridized carbons (Fsp3) is 0.235. The number of amides is 1. The molecule has 0 atom stereocenters. The molecular weight excluding hydrogens is 308 g/mol. The molecule has 0 spiro atoms. The maximum absolute atomic E-state index is 12.6. The summed E-state index contributed by atoms with van der Waals surface area (Å²) in [5.41, 5.74) is 4.13. The lowest BCUT2D eigenvalue weighted by Crippen LogP contribution is -2.21. The van der Waals surface area contributed by atoms with E-state index >= 15 is 0 Å². The summed E-state index contributed by atoms with van der Waals surface area (Å²) in [5.74, 6) is -0.119. The molecule has 3 aromatic rings. The summed E-state index contributed by atoms with van der Waals surface area (Å²) in [6.45, 7) is 2.09. The van der Waals surface area contributed by atoms with Gasteiger partial charge >= 0.3 is 0 Å². The molecule has 0 bridgehead atoms. The Morgan fingerprint density at radius 2 is 1.83 bits per heavy atom. The van der Waals surface area contributed by atoms with Crippen LogP contribution in [0.25, 0.3) is 11.0 Å². The van der Waals surface area contributed by atoms with Crippen LogP contribution in [0.4, 0.5) is 11.4 Å². The van der Waals surface area contributed by atoms with Gasteiger partial charge in [-0.15, -0.1) is 0 Å². The monoisotopic (exact) mass is 324 g/mol. The van der Waals surface area contributed by atoms with E-state index in [2.05, 4.69) is 25.0 Å². The van der Waals surface area contributed by atoms with Gasteiger partial charge in [0.2, 0.25) is 0 Å². The number of para-hydroxylation sites is 2. The molecule has 2 heterocycles. The van der Waals surface area contributed by atoms with E-state index < -0.39 is 0 Å². The highest BCUT2D eigenvalue weighted by Crippen LogP contribution is 2.29. The number of benzene rings is 2. The lowest BCUT2D eigenvalue weighted by Gasteiger charge is -2.21. The third-order valence-electron chi connectivity index (χ3n) is 4.11. The van der Waals surface area contributed by atoms with Crippen molar-refractivity contribution in [2.24, 2.45) is 0 Å². The first-order valence-corrected chi connectivity index (χ1v) is 8.42. The first-order chi connectivity index (χ1) is 11.3. The first kappa shape index (κ1) is 14.1. The molecule has 0 aliphatic carbocycles. The molecular formula is C17H16N4OS. The van der Waals surface area contributed by atoms with Crippen LogP contribution < -0.4 is 10.2 Å². The number of anilines is 2. The first-order valence-electron chi connectivity index (χ1n) is 7.69. The molecule has 2 aromatic carbocycles. The summed E-state index contributed by atoms with van der Waals surface area (Å²) in [6, 6.07) is 13.4. The van der Waals surface area contributed by atoms with Crippen LogP contribution in [0.3, 0.4) is 0 Å². The van der Waals surface area contributed by atoms with Crippen molar-refractivity contribution in [2.75, 3.05) is 23.3 Å². The minimum absolute atomic E-state index is 0.119. The fourth-order valence-corrected chi connectivity index (χ4v) is 3.45. The highest BCUT2D eigenvalue weighted by Gasteiger charge is 2.17. The third kappa shape index (κ3) is 2.77. The molecule has 0 unspecified atom stereocenters. The molecule has 23 heavy (non-hydrogen) atoms. The number of aromatic nitrogens is 2. The number of carbonyl (C=O) groups excluding carboxylic acids is 1. The van der Waals surface area contributed by atoms with Gasteiger partial charge in [-0.2, -0.15) is 8.75 Å². The van der Waals surface area contributed by atoms with E-state index in [0.29, 0.717) is 5.56 Å². The van der Waals surface area contributed by atoms with E-state index in [9.17, 15) is 4.79 Å². The summed E-state index contributed by atoms with van der Waals surface area (Å²) < 4.78 is 8.35. The zero-order valence-electron chi connectivity index (χ0n) is 12.5. The fourth-order valence-electron chi connectivity index (χ4n) is 2.93. The number of carbonyl (C=O) groups is 1. The molecule has 0 radical (unpaired) electrons. The van der Waals surface area contributed by atoms with E-state index in [0.717, 1.165) is 47.2 Å². The predicted molar refractivity (Wildman–Crippen MR) is 93.3 cm³/mol. The van der Waals surface area contributed by atoms with Crippen molar-refractivity contribution in [3.63, 3.8) is 0 Å². The highest BCUT2D eigenvalue weighted by molar-refractivity contribution is 7.00. The van der Waals surface area contributed by atoms with Gasteiger partial charge in [0.15, 0.2) is 0 Å². The van der Waals surface area contributed by atoms with Gasteiger partial charge in [-0.25, -0.2) is 0 Å². The third-order valence-corrected chi connectivity index (χ3v) is 4.67. The second kappa shape index (κ2) is 5.96. The van der Waals surface area contributed by atoms with Crippen molar-refractivity contribution in [3.8, 4) is 0 Å².